The summed E-state index contributed by atoms with van der Waals surface area (Å²) in [6.45, 7) is 3.64. The Balaban J connectivity index is 1.93. The van der Waals surface area contributed by atoms with E-state index in [2.05, 4.69) is 5.32 Å². The number of anilines is 1. The van der Waals surface area contributed by atoms with Crippen molar-refractivity contribution >= 4 is 17.5 Å². The van der Waals surface area contributed by atoms with Crippen molar-refractivity contribution in [3.63, 3.8) is 0 Å². The van der Waals surface area contributed by atoms with Crippen LogP contribution in [0.2, 0.25) is 0 Å². The average molecular weight is 358 g/mol. The standard InChI is InChI=1S/C20H20F2N2O2/c1-11-7-13(9-14(21)8-11)15-10-24(3)20(26)18(15)19(25)23-17-6-4-5-16(22)12(17)2/h4-9,15,18H,10H2,1-3H3,(H,23,25)/t15-,18+/m1/s1. The molecule has 136 valence electrons. The maximum absolute atomic E-state index is 13.8. The van der Waals surface area contributed by atoms with Gasteiger partial charge in [-0.05, 0) is 49.2 Å². The van der Waals surface area contributed by atoms with Crippen molar-refractivity contribution in [1.29, 1.82) is 0 Å². The van der Waals surface area contributed by atoms with Crippen molar-refractivity contribution in [3.05, 3.63) is 64.7 Å². The molecule has 1 fully saturated rings. The molecule has 0 aliphatic carbocycles. The Morgan fingerprint density at radius 2 is 1.92 bits per heavy atom. The van der Waals surface area contributed by atoms with Gasteiger partial charge in [0.1, 0.15) is 17.6 Å². The molecule has 1 N–H and O–H groups in total. The number of nitrogens with zero attached hydrogens (tertiary/aromatic N) is 1. The molecule has 2 aromatic rings. The van der Waals surface area contributed by atoms with E-state index in [9.17, 15) is 18.4 Å². The molecule has 2 amide bonds. The average Bonchev–Trinajstić information content (AvgIpc) is 2.86. The first-order valence-electron chi connectivity index (χ1n) is 8.36. The minimum absolute atomic E-state index is 0.304. The number of hydrogen-bond acceptors (Lipinski definition) is 2. The number of likely N-dealkylation sites (tertiary alicyclic amines) is 1. The van der Waals surface area contributed by atoms with Crippen LogP contribution < -0.4 is 5.32 Å². The first-order chi connectivity index (χ1) is 12.3. The van der Waals surface area contributed by atoms with Crippen molar-refractivity contribution in [2.45, 2.75) is 19.8 Å². The lowest BCUT2D eigenvalue weighted by Gasteiger charge is -2.18. The fraction of sp³-hybridized carbons (Fsp3) is 0.300. The predicted molar refractivity (Wildman–Crippen MR) is 94.8 cm³/mol. The largest absolute Gasteiger partial charge is 0.344 e. The van der Waals surface area contributed by atoms with Crippen LogP contribution in [0.5, 0.6) is 0 Å². The van der Waals surface area contributed by atoms with Crippen LogP contribution >= 0.6 is 0 Å². The second-order valence-electron chi connectivity index (χ2n) is 6.77. The molecule has 0 aromatic heterocycles. The van der Waals surface area contributed by atoms with E-state index in [1.807, 2.05) is 0 Å². The van der Waals surface area contributed by atoms with Crippen LogP contribution in [0.15, 0.2) is 36.4 Å². The minimum Gasteiger partial charge on any atom is -0.344 e. The summed E-state index contributed by atoms with van der Waals surface area (Å²) in [4.78, 5) is 26.8. The molecule has 4 nitrogen and oxygen atoms in total. The Bertz CT molecular complexity index is 862. The molecule has 1 heterocycles. The lowest BCUT2D eigenvalue weighted by Crippen LogP contribution is -2.33. The number of likely N-dealkylation sites (N-methyl/N-ethyl adjacent to an activating group) is 1. The second-order valence-corrected chi connectivity index (χ2v) is 6.77. The third-order valence-corrected chi connectivity index (χ3v) is 4.82. The fourth-order valence-electron chi connectivity index (χ4n) is 3.42. The summed E-state index contributed by atoms with van der Waals surface area (Å²) in [5.74, 6) is -3.12. The van der Waals surface area contributed by atoms with Crippen LogP contribution in [0, 0.1) is 31.4 Å². The number of hydrogen-bond donors (Lipinski definition) is 1. The zero-order valence-corrected chi connectivity index (χ0v) is 14.8. The van der Waals surface area contributed by atoms with Gasteiger partial charge in [0.25, 0.3) is 0 Å². The predicted octanol–water partition coefficient (Wildman–Crippen LogP) is 3.39. The summed E-state index contributed by atoms with van der Waals surface area (Å²) in [7, 11) is 1.61. The molecule has 1 aliphatic rings. The monoisotopic (exact) mass is 358 g/mol. The maximum atomic E-state index is 13.8. The smallest absolute Gasteiger partial charge is 0.237 e. The summed E-state index contributed by atoms with van der Waals surface area (Å²) in [6, 6.07) is 8.92. The van der Waals surface area contributed by atoms with Gasteiger partial charge in [-0.25, -0.2) is 8.78 Å². The molecule has 3 rings (SSSR count). The number of nitrogens with one attached hydrogen (secondary N) is 1. The van der Waals surface area contributed by atoms with E-state index in [0.717, 1.165) is 5.56 Å². The summed E-state index contributed by atoms with van der Waals surface area (Å²) >= 11 is 0. The highest BCUT2D eigenvalue weighted by atomic mass is 19.1. The zero-order chi connectivity index (χ0) is 19.0. The molecule has 6 heteroatoms. The molecule has 1 aliphatic heterocycles. The molecule has 0 bridgehead atoms. The number of amides is 2. The van der Waals surface area contributed by atoms with Crippen LogP contribution in [0.4, 0.5) is 14.5 Å². The highest BCUT2D eigenvalue weighted by Crippen LogP contribution is 2.35. The lowest BCUT2D eigenvalue weighted by molar-refractivity contribution is -0.135. The Labute approximate surface area is 150 Å². The van der Waals surface area contributed by atoms with Gasteiger partial charge in [0.15, 0.2) is 0 Å². The minimum atomic E-state index is -0.983. The van der Waals surface area contributed by atoms with Gasteiger partial charge in [-0.1, -0.05) is 12.1 Å². The molecule has 0 unspecified atom stereocenters. The summed E-state index contributed by atoms with van der Waals surface area (Å²) < 4.78 is 27.5. The third kappa shape index (κ3) is 3.31. The van der Waals surface area contributed by atoms with Crippen molar-refractivity contribution < 1.29 is 18.4 Å². The van der Waals surface area contributed by atoms with Gasteiger partial charge in [-0.2, -0.15) is 0 Å². The summed E-state index contributed by atoms with van der Waals surface area (Å²) in [6.07, 6.45) is 0. The first-order valence-corrected chi connectivity index (χ1v) is 8.36. The zero-order valence-electron chi connectivity index (χ0n) is 14.8. The second kappa shape index (κ2) is 6.86. The van der Waals surface area contributed by atoms with Crippen LogP contribution in [-0.2, 0) is 9.59 Å². The van der Waals surface area contributed by atoms with Crippen molar-refractivity contribution in [1.82, 2.24) is 4.90 Å². The number of aryl methyl sites for hydroxylation is 1. The number of benzene rings is 2. The van der Waals surface area contributed by atoms with Gasteiger partial charge in [0, 0.05) is 30.8 Å². The van der Waals surface area contributed by atoms with Gasteiger partial charge in [0.2, 0.25) is 11.8 Å². The third-order valence-electron chi connectivity index (χ3n) is 4.82. The van der Waals surface area contributed by atoms with E-state index >= 15 is 0 Å². The Morgan fingerprint density at radius 1 is 1.19 bits per heavy atom. The lowest BCUT2D eigenvalue weighted by atomic mass is 9.87. The Kier molecular flexibility index (Phi) is 4.76. The molecule has 2 aromatic carbocycles. The van der Waals surface area contributed by atoms with E-state index in [4.69, 9.17) is 0 Å². The van der Waals surface area contributed by atoms with Crippen molar-refractivity contribution in [3.8, 4) is 0 Å². The Morgan fingerprint density at radius 3 is 2.62 bits per heavy atom. The summed E-state index contributed by atoms with van der Waals surface area (Å²) in [5.41, 5.74) is 1.96. The van der Waals surface area contributed by atoms with Crippen molar-refractivity contribution in [2.75, 3.05) is 18.9 Å². The highest BCUT2D eigenvalue weighted by molar-refractivity contribution is 6.08. The number of halogens is 2. The van der Waals surface area contributed by atoms with Crippen molar-refractivity contribution in [2.24, 2.45) is 5.92 Å². The van der Waals surface area contributed by atoms with E-state index in [1.165, 1.54) is 29.2 Å². The topological polar surface area (TPSA) is 49.4 Å². The molecule has 0 radical (unpaired) electrons. The SMILES string of the molecule is Cc1cc(F)cc([C@H]2CN(C)C(=O)[C@@H]2C(=O)Nc2cccc(F)c2C)c1. The quantitative estimate of drug-likeness (QED) is 0.855. The molecule has 2 atom stereocenters. The van der Waals surface area contributed by atoms with E-state index < -0.39 is 29.4 Å². The van der Waals surface area contributed by atoms with Crippen LogP contribution in [0.25, 0.3) is 0 Å². The van der Waals surface area contributed by atoms with Gasteiger partial charge in [0.05, 0.1) is 0 Å². The van der Waals surface area contributed by atoms with E-state index in [-0.39, 0.29) is 5.91 Å². The highest BCUT2D eigenvalue weighted by Gasteiger charge is 2.44. The van der Waals surface area contributed by atoms with Gasteiger partial charge >= 0.3 is 0 Å². The molecule has 26 heavy (non-hydrogen) atoms. The number of rotatable bonds is 3. The van der Waals surface area contributed by atoms with Gasteiger partial charge in [-0.15, -0.1) is 0 Å². The van der Waals surface area contributed by atoms with E-state index in [0.29, 0.717) is 23.4 Å². The maximum Gasteiger partial charge on any atom is 0.237 e. The molecular formula is C20H20F2N2O2. The first kappa shape index (κ1) is 18.0. The Hall–Kier alpha value is -2.76. The van der Waals surface area contributed by atoms with E-state index in [1.54, 1.807) is 33.0 Å². The molecule has 1 saturated heterocycles. The normalized spacial score (nSPS) is 19.7. The van der Waals surface area contributed by atoms with Crippen LogP contribution in [0.1, 0.15) is 22.6 Å². The van der Waals surface area contributed by atoms with Gasteiger partial charge in [-0.3, -0.25) is 9.59 Å². The molecule has 0 saturated carbocycles. The summed E-state index contributed by atoms with van der Waals surface area (Å²) in [5, 5.41) is 2.65. The fourth-order valence-corrected chi connectivity index (χ4v) is 3.42. The molecular weight excluding hydrogens is 338 g/mol. The number of carbonyl (C=O) groups excluding carboxylic acids is 2. The molecule has 0 spiro atoms. The van der Waals surface area contributed by atoms with Crippen LogP contribution in [0.3, 0.4) is 0 Å². The van der Waals surface area contributed by atoms with Crippen LogP contribution in [-0.4, -0.2) is 30.3 Å². The van der Waals surface area contributed by atoms with Gasteiger partial charge < -0.3 is 10.2 Å². The number of carbonyl (C=O) groups is 2.